The number of aromatic amines is 2. The van der Waals surface area contributed by atoms with Crippen LogP contribution in [-0.4, -0.2) is 15.2 Å². The molecule has 0 aliphatic carbocycles. The minimum atomic E-state index is -0.129. The molecule has 1 aromatic carbocycles. The number of benzene rings is 1. The van der Waals surface area contributed by atoms with E-state index >= 15 is 0 Å². The summed E-state index contributed by atoms with van der Waals surface area (Å²) < 4.78 is 0. The van der Waals surface area contributed by atoms with Gasteiger partial charge in [-0.3, -0.25) is 20.0 Å². The molecule has 3 N–H and O–H groups in total. The zero-order valence-electron chi connectivity index (χ0n) is 11.6. The number of pyridine rings is 1. The zero-order valence-corrected chi connectivity index (χ0v) is 11.6. The Morgan fingerprint density at radius 2 is 1.90 bits per heavy atom. The van der Waals surface area contributed by atoms with Gasteiger partial charge in [0.2, 0.25) is 0 Å². The van der Waals surface area contributed by atoms with Crippen molar-refractivity contribution in [3.8, 4) is 11.3 Å². The first kappa shape index (κ1) is 13.2. The Balaban J connectivity index is 1.74. The lowest BCUT2D eigenvalue weighted by molar-refractivity contribution is 0.839. The largest absolute Gasteiger partial charge is 0.377 e. The monoisotopic (exact) mass is 280 g/mol. The molecule has 106 valence electrons. The van der Waals surface area contributed by atoms with Gasteiger partial charge in [0.15, 0.2) is 0 Å². The second-order valence-corrected chi connectivity index (χ2v) is 4.87. The summed E-state index contributed by atoms with van der Waals surface area (Å²) in [5.74, 6) is 0. The van der Waals surface area contributed by atoms with Crippen LogP contribution in [0.5, 0.6) is 0 Å². The van der Waals surface area contributed by atoms with Gasteiger partial charge in [0, 0.05) is 18.0 Å². The molecule has 21 heavy (non-hydrogen) atoms. The Bertz CT molecular complexity index is 759. The molecule has 5 heteroatoms. The standard InChI is InChI=1S/C16H16N4O/c1-11(14-4-2-3-9-17-14)18-13-7-5-12(6-8-13)15-10-16(21)20-19-15/h2-11,18H,1H3,(H2,19,20,21). The number of H-pyrrole nitrogens is 2. The second kappa shape index (κ2) is 5.66. The lowest BCUT2D eigenvalue weighted by Crippen LogP contribution is -2.07. The van der Waals surface area contributed by atoms with E-state index in [4.69, 9.17) is 0 Å². The van der Waals surface area contributed by atoms with Crippen molar-refractivity contribution in [3.63, 3.8) is 0 Å². The van der Waals surface area contributed by atoms with Crippen LogP contribution < -0.4 is 10.9 Å². The number of hydrogen-bond donors (Lipinski definition) is 3. The van der Waals surface area contributed by atoms with Gasteiger partial charge in [-0.25, -0.2) is 0 Å². The summed E-state index contributed by atoms with van der Waals surface area (Å²) in [6, 6.07) is 15.5. The number of anilines is 1. The van der Waals surface area contributed by atoms with Gasteiger partial charge in [0.05, 0.1) is 17.4 Å². The van der Waals surface area contributed by atoms with Crippen LogP contribution in [-0.2, 0) is 0 Å². The van der Waals surface area contributed by atoms with Crippen molar-refractivity contribution in [1.29, 1.82) is 0 Å². The Morgan fingerprint density at radius 3 is 2.52 bits per heavy atom. The first-order valence-corrected chi connectivity index (χ1v) is 6.78. The van der Waals surface area contributed by atoms with Crippen molar-refractivity contribution >= 4 is 5.69 Å². The Kier molecular flexibility index (Phi) is 3.55. The molecule has 0 radical (unpaired) electrons. The van der Waals surface area contributed by atoms with Gasteiger partial charge in [-0.05, 0) is 36.8 Å². The summed E-state index contributed by atoms with van der Waals surface area (Å²) in [4.78, 5) is 15.5. The predicted octanol–water partition coefficient (Wildman–Crippen LogP) is 2.94. The molecule has 0 aliphatic heterocycles. The fourth-order valence-electron chi connectivity index (χ4n) is 2.19. The molecule has 0 fully saturated rings. The molecule has 5 nitrogen and oxygen atoms in total. The zero-order chi connectivity index (χ0) is 14.7. The summed E-state index contributed by atoms with van der Waals surface area (Å²) in [5, 5.41) is 8.77. The molecular weight excluding hydrogens is 264 g/mol. The average Bonchev–Trinajstić information content (AvgIpc) is 2.95. The van der Waals surface area contributed by atoms with Crippen molar-refractivity contribution in [2.45, 2.75) is 13.0 Å². The Morgan fingerprint density at radius 1 is 1.10 bits per heavy atom. The minimum Gasteiger partial charge on any atom is -0.377 e. The molecule has 2 aromatic heterocycles. The van der Waals surface area contributed by atoms with Gasteiger partial charge in [0.1, 0.15) is 0 Å². The van der Waals surface area contributed by atoms with Crippen molar-refractivity contribution in [2.24, 2.45) is 0 Å². The smallest absolute Gasteiger partial charge is 0.264 e. The summed E-state index contributed by atoms with van der Waals surface area (Å²) in [6.45, 7) is 2.07. The fourth-order valence-corrected chi connectivity index (χ4v) is 2.19. The highest BCUT2D eigenvalue weighted by Crippen LogP contribution is 2.21. The summed E-state index contributed by atoms with van der Waals surface area (Å²) >= 11 is 0. The first-order valence-electron chi connectivity index (χ1n) is 6.78. The van der Waals surface area contributed by atoms with Crippen molar-refractivity contribution in [3.05, 3.63) is 70.8 Å². The minimum absolute atomic E-state index is 0.129. The van der Waals surface area contributed by atoms with E-state index in [0.29, 0.717) is 0 Å². The van der Waals surface area contributed by atoms with Crippen molar-refractivity contribution < 1.29 is 0 Å². The summed E-state index contributed by atoms with van der Waals surface area (Å²) in [5.41, 5.74) is 3.62. The number of hydrogen-bond acceptors (Lipinski definition) is 3. The molecule has 3 rings (SSSR count). The fraction of sp³-hybridized carbons (Fsp3) is 0.125. The third-order valence-corrected chi connectivity index (χ3v) is 3.31. The number of aromatic nitrogens is 3. The lowest BCUT2D eigenvalue weighted by atomic mass is 10.1. The highest BCUT2D eigenvalue weighted by molar-refractivity contribution is 5.62. The van der Waals surface area contributed by atoms with Gasteiger partial charge in [-0.1, -0.05) is 18.2 Å². The van der Waals surface area contributed by atoms with E-state index in [2.05, 4.69) is 27.4 Å². The van der Waals surface area contributed by atoms with Crippen LogP contribution >= 0.6 is 0 Å². The maximum atomic E-state index is 11.1. The molecule has 2 heterocycles. The summed E-state index contributed by atoms with van der Waals surface area (Å²) in [6.07, 6.45) is 1.79. The maximum absolute atomic E-state index is 11.1. The van der Waals surface area contributed by atoms with Crippen LogP contribution in [0, 0.1) is 0 Å². The number of rotatable bonds is 4. The lowest BCUT2D eigenvalue weighted by Gasteiger charge is -2.14. The second-order valence-electron chi connectivity index (χ2n) is 4.87. The average molecular weight is 280 g/mol. The molecule has 0 aliphatic rings. The van der Waals surface area contributed by atoms with Crippen LogP contribution in [0.4, 0.5) is 5.69 Å². The van der Waals surface area contributed by atoms with E-state index in [9.17, 15) is 4.79 Å². The van der Waals surface area contributed by atoms with Crippen LogP contribution in [0.3, 0.4) is 0 Å². The SMILES string of the molecule is CC(Nc1ccc(-c2cc(=O)[nH][nH]2)cc1)c1ccccn1. The summed E-state index contributed by atoms with van der Waals surface area (Å²) in [7, 11) is 0. The quantitative estimate of drug-likeness (QED) is 0.688. The molecular formula is C16H16N4O. The molecule has 1 atom stereocenters. The van der Waals surface area contributed by atoms with Crippen molar-refractivity contribution in [2.75, 3.05) is 5.32 Å². The molecule has 0 saturated carbocycles. The third kappa shape index (κ3) is 3.02. The normalized spacial score (nSPS) is 12.0. The molecule has 1 unspecified atom stereocenters. The molecule has 0 amide bonds. The predicted molar refractivity (Wildman–Crippen MR) is 83.1 cm³/mol. The molecule has 0 bridgehead atoms. The van der Waals surface area contributed by atoms with Gasteiger partial charge in [0.25, 0.3) is 5.56 Å². The molecule has 0 saturated heterocycles. The number of nitrogens with one attached hydrogen (secondary N) is 3. The first-order chi connectivity index (χ1) is 10.2. The van der Waals surface area contributed by atoms with Crippen molar-refractivity contribution in [1.82, 2.24) is 15.2 Å². The maximum Gasteiger partial charge on any atom is 0.264 e. The van der Waals surface area contributed by atoms with Crippen LogP contribution in [0.1, 0.15) is 18.7 Å². The van der Waals surface area contributed by atoms with E-state index < -0.39 is 0 Å². The van der Waals surface area contributed by atoms with E-state index in [0.717, 1.165) is 22.6 Å². The Hall–Kier alpha value is -2.82. The topological polar surface area (TPSA) is 73.6 Å². The highest BCUT2D eigenvalue weighted by atomic mass is 16.1. The van der Waals surface area contributed by atoms with Crippen LogP contribution in [0.25, 0.3) is 11.3 Å². The van der Waals surface area contributed by atoms with E-state index in [1.54, 1.807) is 12.3 Å². The van der Waals surface area contributed by atoms with E-state index in [-0.39, 0.29) is 11.6 Å². The van der Waals surface area contributed by atoms with Gasteiger partial charge in [-0.15, -0.1) is 0 Å². The van der Waals surface area contributed by atoms with E-state index in [1.165, 1.54) is 0 Å². The molecule has 0 spiro atoms. The molecule has 3 aromatic rings. The van der Waals surface area contributed by atoms with Crippen LogP contribution in [0.2, 0.25) is 0 Å². The highest BCUT2D eigenvalue weighted by Gasteiger charge is 2.06. The van der Waals surface area contributed by atoms with E-state index in [1.807, 2.05) is 42.5 Å². The van der Waals surface area contributed by atoms with Gasteiger partial charge >= 0.3 is 0 Å². The van der Waals surface area contributed by atoms with Gasteiger partial charge < -0.3 is 5.32 Å². The third-order valence-electron chi connectivity index (χ3n) is 3.31. The Labute approximate surface area is 122 Å². The van der Waals surface area contributed by atoms with Crippen LogP contribution in [0.15, 0.2) is 59.5 Å². The van der Waals surface area contributed by atoms with Gasteiger partial charge in [-0.2, -0.15) is 0 Å². The number of nitrogens with zero attached hydrogens (tertiary/aromatic N) is 1.